The van der Waals surface area contributed by atoms with Gasteiger partial charge in [-0.3, -0.25) is 4.31 Å². The molecular weight excluding hydrogens is 440 g/mol. The second-order valence-electron chi connectivity index (χ2n) is 7.51. The molecular formula is C25H18N2O3S2. The van der Waals surface area contributed by atoms with Crippen LogP contribution < -0.4 is 4.31 Å². The summed E-state index contributed by atoms with van der Waals surface area (Å²) in [6.07, 6.45) is 0. The molecule has 5 nitrogen and oxygen atoms in total. The monoisotopic (exact) mass is 458 g/mol. The van der Waals surface area contributed by atoms with Crippen LogP contribution in [0.1, 0.15) is 5.56 Å². The van der Waals surface area contributed by atoms with Crippen molar-refractivity contribution >= 4 is 37.7 Å². The van der Waals surface area contributed by atoms with Crippen LogP contribution in [0.25, 0.3) is 21.9 Å². The fourth-order valence-corrected chi connectivity index (χ4v) is 6.80. The van der Waals surface area contributed by atoms with Crippen LogP contribution in [0, 0.1) is 11.3 Å². The molecule has 1 atom stereocenters. The minimum absolute atomic E-state index is 0.144. The maximum Gasteiger partial charge on any atom is 0.264 e. The van der Waals surface area contributed by atoms with Crippen molar-refractivity contribution < 1.29 is 13.0 Å². The van der Waals surface area contributed by atoms with Gasteiger partial charge < -0.3 is 4.55 Å². The Hall–Kier alpha value is -3.31. The number of hydrogen-bond donors (Lipinski definition) is 0. The summed E-state index contributed by atoms with van der Waals surface area (Å²) in [4.78, 5) is 0.719. The lowest BCUT2D eigenvalue weighted by Crippen LogP contribution is -2.39. The van der Waals surface area contributed by atoms with Crippen molar-refractivity contribution in [3.63, 3.8) is 0 Å². The van der Waals surface area contributed by atoms with Crippen molar-refractivity contribution in [3.05, 3.63) is 90.5 Å². The van der Waals surface area contributed by atoms with E-state index in [4.69, 9.17) is 5.26 Å². The number of nitriles is 1. The first-order chi connectivity index (χ1) is 15.5. The van der Waals surface area contributed by atoms with Crippen LogP contribution in [0.5, 0.6) is 0 Å². The van der Waals surface area contributed by atoms with Gasteiger partial charge in [-0.2, -0.15) is 5.26 Å². The molecule has 4 aromatic carbocycles. The molecule has 0 amide bonds. The summed E-state index contributed by atoms with van der Waals surface area (Å²) in [5.74, 6) is 0.246. The van der Waals surface area contributed by atoms with Crippen molar-refractivity contribution in [1.82, 2.24) is 0 Å². The zero-order valence-electron chi connectivity index (χ0n) is 16.9. The lowest BCUT2D eigenvalue weighted by molar-refractivity contribution is 0.583. The van der Waals surface area contributed by atoms with Crippen LogP contribution in [0.4, 0.5) is 5.69 Å². The highest BCUT2D eigenvalue weighted by molar-refractivity contribution is 7.94. The van der Waals surface area contributed by atoms with E-state index in [0.29, 0.717) is 16.1 Å². The van der Waals surface area contributed by atoms with E-state index < -0.39 is 21.2 Å². The van der Waals surface area contributed by atoms with Crippen LogP contribution in [0.15, 0.2) is 94.7 Å². The molecule has 0 aliphatic carbocycles. The summed E-state index contributed by atoms with van der Waals surface area (Å²) in [5, 5.41) is 10.8. The Bertz CT molecular complexity index is 1480. The molecule has 5 rings (SSSR count). The molecule has 0 saturated heterocycles. The fraction of sp³-hybridized carbons (Fsp3) is 0.0800. The molecule has 4 aromatic rings. The Labute approximate surface area is 189 Å². The highest BCUT2D eigenvalue weighted by atomic mass is 32.2. The largest absolute Gasteiger partial charge is 0.611 e. The maximum absolute atomic E-state index is 13.6. The Morgan fingerprint density at radius 3 is 2.34 bits per heavy atom. The van der Waals surface area contributed by atoms with Crippen LogP contribution in [-0.2, 0) is 21.2 Å². The highest BCUT2D eigenvalue weighted by Gasteiger charge is 2.35. The predicted octanol–water partition coefficient (Wildman–Crippen LogP) is 4.69. The SMILES string of the molecule is N#Cc1ccc(-c2ccc3c(c2)N(S(=O)(=O)c2ccc4ccccc4c2)CC[S+]3[O-])cc1. The zero-order valence-corrected chi connectivity index (χ0v) is 18.6. The van der Waals surface area contributed by atoms with Gasteiger partial charge in [0.05, 0.1) is 23.1 Å². The van der Waals surface area contributed by atoms with Gasteiger partial charge >= 0.3 is 0 Å². The van der Waals surface area contributed by atoms with Crippen molar-refractivity contribution in [2.75, 3.05) is 16.6 Å². The zero-order chi connectivity index (χ0) is 22.3. The lowest BCUT2D eigenvalue weighted by Gasteiger charge is -2.31. The highest BCUT2D eigenvalue weighted by Crippen LogP contribution is 2.38. The third-order valence-electron chi connectivity index (χ3n) is 5.61. The number of hydrogen-bond acceptors (Lipinski definition) is 4. The van der Waals surface area contributed by atoms with Gasteiger partial charge in [0.2, 0.25) is 0 Å². The summed E-state index contributed by atoms with van der Waals surface area (Å²) in [6.45, 7) is 0.144. The van der Waals surface area contributed by atoms with E-state index in [1.807, 2.05) is 42.5 Å². The molecule has 1 unspecified atom stereocenters. The van der Waals surface area contributed by atoms with Crippen molar-refractivity contribution in [1.29, 1.82) is 5.26 Å². The summed E-state index contributed by atoms with van der Waals surface area (Å²) < 4.78 is 41.3. The van der Waals surface area contributed by atoms with Gasteiger partial charge in [0.15, 0.2) is 4.90 Å². The molecule has 1 aliphatic heterocycles. The van der Waals surface area contributed by atoms with Gasteiger partial charge in [0.1, 0.15) is 11.4 Å². The van der Waals surface area contributed by atoms with E-state index >= 15 is 0 Å². The average Bonchev–Trinajstić information content (AvgIpc) is 2.83. The summed E-state index contributed by atoms with van der Waals surface area (Å²) in [7, 11) is -3.84. The van der Waals surface area contributed by atoms with E-state index in [-0.39, 0.29) is 17.2 Å². The topological polar surface area (TPSA) is 84.2 Å². The molecule has 1 aliphatic rings. The Kier molecular flexibility index (Phi) is 5.14. The van der Waals surface area contributed by atoms with Crippen molar-refractivity contribution in [3.8, 4) is 17.2 Å². The summed E-state index contributed by atoms with van der Waals surface area (Å²) in [5.41, 5.74) is 2.63. The number of nitrogens with zero attached hydrogens (tertiary/aromatic N) is 2. The van der Waals surface area contributed by atoms with E-state index in [1.165, 1.54) is 4.31 Å². The maximum atomic E-state index is 13.6. The van der Waals surface area contributed by atoms with Crippen LogP contribution in [0.2, 0.25) is 0 Å². The Morgan fingerprint density at radius 2 is 1.59 bits per heavy atom. The molecule has 0 spiro atoms. The molecule has 0 aromatic heterocycles. The van der Waals surface area contributed by atoms with Gasteiger partial charge in [0.25, 0.3) is 10.0 Å². The molecule has 0 radical (unpaired) electrons. The molecule has 0 bridgehead atoms. The average molecular weight is 459 g/mol. The van der Waals surface area contributed by atoms with Gasteiger partial charge in [-0.05, 0) is 75.5 Å². The smallest absolute Gasteiger partial charge is 0.264 e. The van der Waals surface area contributed by atoms with Crippen molar-refractivity contribution in [2.24, 2.45) is 0 Å². The first kappa shape index (κ1) is 20.6. The number of anilines is 1. The quantitative estimate of drug-likeness (QED) is 0.417. The van der Waals surface area contributed by atoms with Gasteiger partial charge in [-0.1, -0.05) is 42.5 Å². The Morgan fingerprint density at radius 1 is 0.875 bits per heavy atom. The van der Waals surface area contributed by atoms with E-state index in [9.17, 15) is 13.0 Å². The molecule has 0 N–H and O–H groups in total. The minimum atomic E-state index is -3.84. The molecule has 0 fully saturated rings. The molecule has 7 heteroatoms. The Balaban J connectivity index is 1.61. The van der Waals surface area contributed by atoms with Crippen LogP contribution >= 0.6 is 0 Å². The van der Waals surface area contributed by atoms with E-state index in [1.54, 1.807) is 42.5 Å². The normalized spacial score (nSPS) is 15.9. The number of sulfonamides is 1. The fourth-order valence-electron chi connectivity index (χ4n) is 3.92. The number of benzene rings is 4. The second kappa shape index (κ2) is 7.99. The number of fused-ring (bicyclic) bond motifs is 2. The van der Waals surface area contributed by atoms with E-state index in [2.05, 4.69) is 6.07 Å². The predicted molar refractivity (Wildman–Crippen MR) is 126 cm³/mol. The second-order valence-corrected chi connectivity index (χ2v) is 10.9. The van der Waals surface area contributed by atoms with Gasteiger partial charge in [0, 0.05) is 0 Å². The van der Waals surface area contributed by atoms with Crippen LogP contribution in [-0.4, -0.2) is 25.3 Å². The number of rotatable bonds is 3. The third-order valence-corrected chi connectivity index (χ3v) is 8.81. The summed E-state index contributed by atoms with van der Waals surface area (Å²) in [6, 6.07) is 27.2. The first-order valence-electron chi connectivity index (χ1n) is 10.0. The van der Waals surface area contributed by atoms with Crippen LogP contribution in [0.3, 0.4) is 0 Å². The van der Waals surface area contributed by atoms with Gasteiger partial charge in [-0.25, -0.2) is 8.42 Å². The lowest BCUT2D eigenvalue weighted by atomic mass is 10.0. The standard InChI is InChI=1S/C25H18N2O3S2/c26-17-18-5-7-20(8-6-18)22-10-12-25-24(16-22)27(13-14-31(25)28)32(29,30)23-11-9-19-3-1-2-4-21(19)15-23/h1-12,15-16H,13-14H2. The van der Waals surface area contributed by atoms with Gasteiger partial charge in [-0.15, -0.1) is 0 Å². The third kappa shape index (κ3) is 3.53. The molecule has 158 valence electrons. The van der Waals surface area contributed by atoms with E-state index in [0.717, 1.165) is 21.9 Å². The molecule has 0 saturated carbocycles. The first-order valence-corrected chi connectivity index (χ1v) is 12.8. The molecule has 1 heterocycles. The minimum Gasteiger partial charge on any atom is -0.611 e. The molecule has 32 heavy (non-hydrogen) atoms. The van der Waals surface area contributed by atoms with Crippen molar-refractivity contribution in [2.45, 2.75) is 9.79 Å². The summed E-state index contributed by atoms with van der Waals surface area (Å²) >= 11 is -1.27.